The molecular formula is C25H16K2O2. The molecule has 0 aliphatic heterocycles. The summed E-state index contributed by atoms with van der Waals surface area (Å²) in [4.78, 5) is 0. The van der Waals surface area contributed by atoms with Crippen molar-refractivity contribution in [3.05, 3.63) is 96.1 Å². The SMILES string of the molecule is [K+].[K+].[O-]c1ccccc1-c1ccc2c(c1-c1ccccc1[O-])Cc1ccccc1-2. The van der Waals surface area contributed by atoms with Crippen LogP contribution in [-0.4, -0.2) is 0 Å². The summed E-state index contributed by atoms with van der Waals surface area (Å²) in [5, 5.41) is 25.2. The third-order valence-electron chi connectivity index (χ3n) is 5.32. The largest absolute Gasteiger partial charge is 1.00 e. The topological polar surface area (TPSA) is 46.1 Å². The molecule has 0 aromatic heterocycles. The van der Waals surface area contributed by atoms with Crippen molar-refractivity contribution in [2.45, 2.75) is 6.42 Å². The van der Waals surface area contributed by atoms with Crippen LogP contribution < -0.4 is 113 Å². The van der Waals surface area contributed by atoms with E-state index in [1.165, 1.54) is 11.1 Å². The van der Waals surface area contributed by atoms with Crippen LogP contribution in [0.1, 0.15) is 11.1 Å². The van der Waals surface area contributed by atoms with Crippen molar-refractivity contribution < 1.29 is 113 Å². The van der Waals surface area contributed by atoms with Crippen LogP contribution >= 0.6 is 0 Å². The molecule has 4 aromatic rings. The molecule has 0 N–H and O–H groups in total. The summed E-state index contributed by atoms with van der Waals surface area (Å²) in [6.07, 6.45) is 0.768. The Hall–Kier alpha value is -0.247. The Morgan fingerprint density at radius 2 is 1.00 bits per heavy atom. The predicted octanol–water partition coefficient (Wildman–Crippen LogP) is -1.25. The molecule has 0 atom stereocenters. The van der Waals surface area contributed by atoms with Gasteiger partial charge in [0.25, 0.3) is 0 Å². The Labute approximate surface area is 255 Å². The van der Waals surface area contributed by atoms with Gasteiger partial charge in [-0.05, 0) is 50.9 Å². The summed E-state index contributed by atoms with van der Waals surface area (Å²) >= 11 is 0. The third kappa shape index (κ3) is 4.26. The number of hydrogen-bond acceptors (Lipinski definition) is 2. The summed E-state index contributed by atoms with van der Waals surface area (Å²) in [7, 11) is 0. The van der Waals surface area contributed by atoms with Crippen molar-refractivity contribution in [2.24, 2.45) is 0 Å². The van der Waals surface area contributed by atoms with Crippen LogP contribution in [0.15, 0.2) is 84.9 Å². The Morgan fingerprint density at radius 3 is 1.66 bits per heavy atom. The molecular weight excluding hydrogens is 410 g/mol. The van der Waals surface area contributed by atoms with Gasteiger partial charge in [-0.25, -0.2) is 0 Å². The van der Waals surface area contributed by atoms with E-state index in [2.05, 4.69) is 18.2 Å². The van der Waals surface area contributed by atoms with Gasteiger partial charge in [-0.1, -0.05) is 84.9 Å². The molecule has 0 heterocycles. The van der Waals surface area contributed by atoms with Crippen LogP contribution in [0.3, 0.4) is 0 Å². The molecule has 2 nitrogen and oxygen atoms in total. The van der Waals surface area contributed by atoms with Crippen LogP contribution in [-0.2, 0) is 6.42 Å². The first-order valence-electron chi connectivity index (χ1n) is 9.01. The molecule has 0 spiro atoms. The molecule has 0 amide bonds. The van der Waals surface area contributed by atoms with E-state index < -0.39 is 0 Å². The molecule has 1 aliphatic carbocycles. The van der Waals surface area contributed by atoms with E-state index in [4.69, 9.17) is 0 Å². The van der Waals surface area contributed by atoms with Gasteiger partial charge in [0, 0.05) is 0 Å². The van der Waals surface area contributed by atoms with Crippen molar-refractivity contribution in [3.8, 4) is 44.9 Å². The van der Waals surface area contributed by atoms with Crippen LogP contribution in [0.2, 0.25) is 0 Å². The fourth-order valence-corrected chi connectivity index (χ4v) is 4.11. The monoisotopic (exact) mass is 426 g/mol. The molecule has 130 valence electrons. The van der Waals surface area contributed by atoms with E-state index >= 15 is 0 Å². The summed E-state index contributed by atoms with van der Waals surface area (Å²) in [5.41, 5.74) is 7.74. The fourth-order valence-electron chi connectivity index (χ4n) is 4.11. The number of rotatable bonds is 2. The Bertz CT molecular complexity index is 1190. The van der Waals surface area contributed by atoms with E-state index in [9.17, 15) is 10.2 Å². The molecule has 4 heteroatoms. The number of para-hydroxylation sites is 2. The van der Waals surface area contributed by atoms with Crippen molar-refractivity contribution in [2.75, 3.05) is 0 Å². The van der Waals surface area contributed by atoms with Gasteiger partial charge in [-0.15, -0.1) is 11.5 Å². The second kappa shape index (κ2) is 9.92. The zero-order valence-corrected chi connectivity index (χ0v) is 22.9. The first kappa shape index (κ1) is 23.4. The zero-order chi connectivity index (χ0) is 18.4. The van der Waals surface area contributed by atoms with Crippen molar-refractivity contribution in [1.29, 1.82) is 0 Å². The minimum absolute atomic E-state index is 0. The second-order valence-corrected chi connectivity index (χ2v) is 6.84. The van der Waals surface area contributed by atoms with Gasteiger partial charge in [0.15, 0.2) is 0 Å². The molecule has 1 aliphatic rings. The maximum absolute atomic E-state index is 12.7. The number of fused-ring (bicyclic) bond motifs is 3. The van der Waals surface area contributed by atoms with Crippen LogP contribution in [0.5, 0.6) is 11.5 Å². The molecule has 0 saturated carbocycles. The zero-order valence-electron chi connectivity index (χ0n) is 16.6. The molecule has 4 aromatic carbocycles. The maximum atomic E-state index is 12.7. The first-order valence-corrected chi connectivity index (χ1v) is 9.01. The molecule has 0 bridgehead atoms. The molecule has 0 fully saturated rings. The minimum Gasteiger partial charge on any atom is -0.872 e. The van der Waals surface area contributed by atoms with Gasteiger partial charge in [0.05, 0.1) is 0 Å². The van der Waals surface area contributed by atoms with E-state index in [0.29, 0.717) is 11.1 Å². The molecule has 0 unspecified atom stereocenters. The van der Waals surface area contributed by atoms with Gasteiger partial charge in [-0.2, -0.15) is 0 Å². The van der Waals surface area contributed by atoms with Gasteiger partial charge in [0.2, 0.25) is 0 Å². The van der Waals surface area contributed by atoms with E-state index in [-0.39, 0.29) is 114 Å². The minimum atomic E-state index is -0.0300. The van der Waals surface area contributed by atoms with Gasteiger partial charge < -0.3 is 10.2 Å². The van der Waals surface area contributed by atoms with Crippen molar-refractivity contribution >= 4 is 0 Å². The smallest absolute Gasteiger partial charge is 0.872 e. The van der Waals surface area contributed by atoms with Crippen molar-refractivity contribution in [3.63, 3.8) is 0 Å². The summed E-state index contributed by atoms with van der Waals surface area (Å²) in [6, 6.07) is 26.5. The molecule has 0 radical (unpaired) electrons. The Balaban J connectivity index is 0.00000120. The maximum Gasteiger partial charge on any atom is 1.00 e. The first-order chi connectivity index (χ1) is 13.2. The van der Waals surface area contributed by atoms with Gasteiger partial charge in [0.1, 0.15) is 0 Å². The van der Waals surface area contributed by atoms with Gasteiger partial charge >= 0.3 is 103 Å². The molecule has 29 heavy (non-hydrogen) atoms. The Kier molecular flexibility index (Phi) is 8.01. The Morgan fingerprint density at radius 1 is 0.483 bits per heavy atom. The standard InChI is InChI=1S/C25H18O2.2K/c26-23-11-5-3-9-19(23)20-14-13-18-17-8-2-1-7-16(17)15-22(18)25(20)21-10-4-6-12-24(21)27;;/h1-14,26-27H,15H2;;/q;2*+1/p-2. The van der Waals surface area contributed by atoms with E-state index in [1.807, 2.05) is 42.5 Å². The third-order valence-corrected chi connectivity index (χ3v) is 5.32. The fraction of sp³-hybridized carbons (Fsp3) is 0.0400. The molecule has 5 rings (SSSR count). The average Bonchev–Trinajstić information content (AvgIpc) is 3.07. The van der Waals surface area contributed by atoms with Crippen molar-refractivity contribution in [1.82, 2.24) is 0 Å². The average molecular weight is 427 g/mol. The number of hydrogen-bond donors (Lipinski definition) is 0. The number of benzene rings is 4. The predicted molar refractivity (Wildman–Crippen MR) is 104 cm³/mol. The van der Waals surface area contributed by atoms with E-state index in [1.54, 1.807) is 24.3 Å². The quantitative estimate of drug-likeness (QED) is 0.331. The van der Waals surface area contributed by atoms with Crippen LogP contribution in [0.25, 0.3) is 33.4 Å². The molecule has 0 saturated heterocycles. The van der Waals surface area contributed by atoms with Crippen LogP contribution in [0.4, 0.5) is 0 Å². The second-order valence-electron chi connectivity index (χ2n) is 6.84. The normalized spacial score (nSPS) is 11.0. The van der Waals surface area contributed by atoms with E-state index in [0.717, 1.165) is 28.7 Å². The summed E-state index contributed by atoms with van der Waals surface area (Å²) in [6.45, 7) is 0. The summed E-state index contributed by atoms with van der Waals surface area (Å²) < 4.78 is 0. The summed E-state index contributed by atoms with van der Waals surface area (Å²) in [5.74, 6) is -0.0518. The van der Waals surface area contributed by atoms with Crippen LogP contribution in [0, 0.1) is 0 Å². The van der Waals surface area contributed by atoms with Gasteiger partial charge in [-0.3, -0.25) is 0 Å².